The van der Waals surface area contributed by atoms with E-state index in [-0.39, 0.29) is 0 Å². The topological polar surface area (TPSA) is 23.9 Å². The molecule has 0 fully saturated rings. The molecule has 1 rings (SSSR count). The minimum Gasteiger partial charge on any atom is -0.304 e. The Morgan fingerprint density at radius 3 is 2.90 bits per heavy atom. The zero-order chi connectivity index (χ0) is 7.56. The van der Waals surface area contributed by atoms with Crippen LogP contribution in [0.3, 0.4) is 0 Å². The third-order valence-corrected chi connectivity index (χ3v) is 2.91. The molecule has 0 bridgehead atoms. The summed E-state index contributed by atoms with van der Waals surface area (Å²) in [4.78, 5) is 1.09. The van der Waals surface area contributed by atoms with Crippen molar-refractivity contribution in [1.82, 2.24) is 0 Å². The second-order valence-electron chi connectivity index (χ2n) is 2.03. The van der Waals surface area contributed by atoms with Gasteiger partial charge in [0.2, 0.25) is 0 Å². The highest BCUT2D eigenvalue weighted by atomic mass is 79.9. The number of hydrogen-bond acceptors (Lipinski definition) is 2. The third-order valence-electron chi connectivity index (χ3n) is 1.23. The maximum Gasteiger partial charge on any atom is 0.0515 e. The Balaban J connectivity index is 3.01. The standard InChI is InChI=1S/C7H8BrNS/c1-5(9)7-6(4-8)2-3-10-7/h2-3,9H,4H2,1H3. The van der Waals surface area contributed by atoms with E-state index < -0.39 is 0 Å². The molecule has 1 nitrogen and oxygen atoms in total. The van der Waals surface area contributed by atoms with E-state index in [4.69, 9.17) is 5.41 Å². The quantitative estimate of drug-likeness (QED) is 0.582. The highest BCUT2D eigenvalue weighted by Crippen LogP contribution is 2.19. The lowest BCUT2D eigenvalue weighted by atomic mass is 10.2. The van der Waals surface area contributed by atoms with Gasteiger partial charge in [0, 0.05) is 11.0 Å². The number of nitrogens with one attached hydrogen (secondary N) is 1. The molecular weight excluding hydrogens is 210 g/mol. The summed E-state index contributed by atoms with van der Waals surface area (Å²) in [5.74, 6) is 0. The smallest absolute Gasteiger partial charge is 0.0515 e. The number of halogens is 1. The summed E-state index contributed by atoms with van der Waals surface area (Å²) in [6, 6.07) is 2.05. The molecule has 0 amide bonds. The largest absolute Gasteiger partial charge is 0.304 e. The fraction of sp³-hybridized carbons (Fsp3) is 0.286. The molecule has 0 aliphatic heterocycles. The van der Waals surface area contributed by atoms with Gasteiger partial charge in [-0.3, -0.25) is 0 Å². The van der Waals surface area contributed by atoms with Crippen LogP contribution < -0.4 is 0 Å². The van der Waals surface area contributed by atoms with Gasteiger partial charge < -0.3 is 5.41 Å². The van der Waals surface area contributed by atoms with E-state index in [1.165, 1.54) is 5.56 Å². The molecule has 0 radical (unpaired) electrons. The van der Waals surface area contributed by atoms with Gasteiger partial charge in [0.1, 0.15) is 0 Å². The molecule has 0 saturated heterocycles. The average Bonchev–Trinajstić information content (AvgIpc) is 2.33. The van der Waals surface area contributed by atoms with Gasteiger partial charge in [0.15, 0.2) is 0 Å². The molecule has 0 unspecified atom stereocenters. The van der Waals surface area contributed by atoms with Gasteiger partial charge in [-0.1, -0.05) is 15.9 Å². The predicted molar refractivity (Wildman–Crippen MR) is 49.5 cm³/mol. The van der Waals surface area contributed by atoms with E-state index in [9.17, 15) is 0 Å². The van der Waals surface area contributed by atoms with Crippen molar-refractivity contribution in [3.8, 4) is 0 Å². The molecule has 0 saturated carbocycles. The predicted octanol–water partition coefficient (Wildman–Crippen LogP) is 3.03. The van der Waals surface area contributed by atoms with Crippen molar-refractivity contribution >= 4 is 33.0 Å². The van der Waals surface area contributed by atoms with E-state index in [1.807, 2.05) is 18.4 Å². The van der Waals surface area contributed by atoms with Crippen molar-refractivity contribution in [3.05, 3.63) is 21.9 Å². The average molecular weight is 218 g/mol. The van der Waals surface area contributed by atoms with E-state index in [2.05, 4.69) is 15.9 Å². The molecule has 1 heterocycles. The summed E-state index contributed by atoms with van der Waals surface area (Å²) in [7, 11) is 0. The van der Waals surface area contributed by atoms with Gasteiger partial charge in [-0.05, 0) is 23.9 Å². The van der Waals surface area contributed by atoms with E-state index in [1.54, 1.807) is 11.3 Å². The lowest BCUT2D eigenvalue weighted by Crippen LogP contribution is -1.90. The van der Waals surface area contributed by atoms with Crippen LogP contribution in [-0.2, 0) is 5.33 Å². The minimum absolute atomic E-state index is 0.657. The highest BCUT2D eigenvalue weighted by Gasteiger charge is 2.02. The molecule has 0 aliphatic rings. The fourth-order valence-electron chi connectivity index (χ4n) is 0.770. The molecule has 0 aliphatic carbocycles. The summed E-state index contributed by atoms with van der Waals surface area (Å²) in [5.41, 5.74) is 1.88. The first kappa shape index (κ1) is 7.95. The second kappa shape index (κ2) is 3.30. The normalized spacial score (nSPS) is 9.80. The zero-order valence-corrected chi connectivity index (χ0v) is 8.05. The van der Waals surface area contributed by atoms with Crippen molar-refractivity contribution < 1.29 is 0 Å². The van der Waals surface area contributed by atoms with Crippen LogP contribution in [0.25, 0.3) is 0 Å². The van der Waals surface area contributed by atoms with Crippen LogP contribution in [0, 0.1) is 5.41 Å². The molecule has 3 heteroatoms. The first-order valence-electron chi connectivity index (χ1n) is 2.93. The van der Waals surface area contributed by atoms with Crippen LogP contribution in [0.5, 0.6) is 0 Å². The molecule has 0 aromatic carbocycles. The van der Waals surface area contributed by atoms with Gasteiger partial charge in [-0.25, -0.2) is 0 Å². The summed E-state index contributed by atoms with van der Waals surface area (Å²) >= 11 is 4.99. The number of thiophene rings is 1. The molecule has 0 atom stereocenters. The molecule has 1 N–H and O–H groups in total. The maximum atomic E-state index is 7.39. The number of hydrogen-bond donors (Lipinski definition) is 1. The maximum absolute atomic E-state index is 7.39. The van der Waals surface area contributed by atoms with Crippen LogP contribution >= 0.6 is 27.3 Å². The van der Waals surface area contributed by atoms with Gasteiger partial charge in [0.05, 0.1) is 4.88 Å². The Morgan fingerprint density at radius 2 is 2.50 bits per heavy atom. The molecule has 0 spiro atoms. The Kier molecular flexibility index (Phi) is 2.63. The Hall–Kier alpha value is -0.150. The molecule has 54 valence electrons. The molecule has 1 aromatic rings. The zero-order valence-electron chi connectivity index (χ0n) is 5.65. The Labute approximate surface area is 72.7 Å². The molecule has 1 aromatic heterocycles. The number of rotatable bonds is 2. The van der Waals surface area contributed by atoms with Crippen molar-refractivity contribution in [2.45, 2.75) is 12.3 Å². The summed E-state index contributed by atoms with van der Waals surface area (Å²) < 4.78 is 0. The van der Waals surface area contributed by atoms with Crippen molar-refractivity contribution in [2.24, 2.45) is 0 Å². The Morgan fingerprint density at radius 1 is 1.80 bits per heavy atom. The lowest BCUT2D eigenvalue weighted by molar-refractivity contribution is 1.43. The van der Waals surface area contributed by atoms with E-state index >= 15 is 0 Å². The minimum atomic E-state index is 0.657. The van der Waals surface area contributed by atoms with E-state index in [0.717, 1.165) is 10.2 Å². The molecule has 10 heavy (non-hydrogen) atoms. The Bertz CT molecular complexity index is 242. The van der Waals surface area contributed by atoms with Crippen LogP contribution in [0.15, 0.2) is 11.4 Å². The fourth-order valence-corrected chi connectivity index (χ4v) is 2.26. The van der Waals surface area contributed by atoms with Crippen molar-refractivity contribution in [3.63, 3.8) is 0 Å². The monoisotopic (exact) mass is 217 g/mol. The van der Waals surface area contributed by atoms with Crippen molar-refractivity contribution in [1.29, 1.82) is 5.41 Å². The summed E-state index contributed by atoms with van der Waals surface area (Å²) in [6.45, 7) is 1.82. The summed E-state index contributed by atoms with van der Waals surface area (Å²) in [5, 5.41) is 10.3. The van der Waals surface area contributed by atoms with Gasteiger partial charge in [0.25, 0.3) is 0 Å². The van der Waals surface area contributed by atoms with Crippen LogP contribution in [0.1, 0.15) is 17.4 Å². The van der Waals surface area contributed by atoms with Crippen LogP contribution in [0.2, 0.25) is 0 Å². The second-order valence-corrected chi connectivity index (χ2v) is 3.51. The summed E-state index contributed by atoms with van der Waals surface area (Å²) in [6.07, 6.45) is 0. The van der Waals surface area contributed by atoms with Gasteiger partial charge in [-0.15, -0.1) is 11.3 Å². The van der Waals surface area contributed by atoms with Gasteiger partial charge in [-0.2, -0.15) is 0 Å². The first-order valence-corrected chi connectivity index (χ1v) is 4.93. The van der Waals surface area contributed by atoms with E-state index in [0.29, 0.717) is 5.71 Å². The van der Waals surface area contributed by atoms with Crippen LogP contribution in [0.4, 0.5) is 0 Å². The van der Waals surface area contributed by atoms with Crippen LogP contribution in [-0.4, -0.2) is 5.71 Å². The number of alkyl halides is 1. The lowest BCUT2D eigenvalue weighted by Gasteiger charge is -1.94. The van der Waals surface area contributed by atoms with Gasteiger partial charge >= 0.3 is 0 Å². The molecular formula is C7H8BrNS. The highest BCUT2D eigenvalue weighted by molar-refractivity contribution is 9.08. The SMILES string of the molecule is CC(=N)c1sccc1CBr. The third kappa shape index (κ3) is 1.47. The first-order chi connectivity index (χ1) is 4.75. The van der Waals surface area contributed by atoms with Crippen molar-refractivity contribution in [2.75, 3.05) is 0 Å².